The molecule has 0 amide bonds. The molecule has 1 aliphatic carbocycles. The molecule has 0 saturated heterocycles. The van der Waals surface area contributed by atoms with Gasteiger partial charge in [-0.1, -0.05) is 122 Å². The van der Waals surface area contributed by atoms with Gasteiger partial charge in [-0.2, -0.15) is 0 Å². The van der Waals surface area contributed by atoms with Crippen LogP contribution in [-0.2, 0) is 6.42 Å². The molecule has 1 unspecified atom stereocenters. The van der Waals surface area contributed by atoms with Gasteiger partial charge in [0, 0.05) is 38.2 Å². The molecule has 0 fully saturated rings. The number of para-hydroxylation sites is 1. The fourth-order valence-corrected chi connectivity index (χ4v) is 8.06. The van der Waals surface area contributed by atoms with E-state index in [0.29, 0.717) is 5.92 Å². The molecule has 2 nitrogen and oxygen atoms in total. The highest BCUT2D eigenvalue weighted by atomic mass is 15.0. The Bertz CT molecular complexity index is 2720. The zero-order valence-electron chi connectivity index (χ0n) is 26.2. The van der Waals surface area contributed by atoms with Crippen molar-refractivity contribution >= 4 is 60.3 Å². The summed E-state index contributed by atoms with van der Waals surface area (Å²) in [5.74, 6) is 0.501. The lowest BCUT2D eigenvalue weighted by molar-refractivity contribution is 0.691. The highest BCUT2D eigenvalue weighted by Gasteiger charge is 2.23. The van der Waals surface area contributed by atoms with Crippen LogP contribution < -0.4 is 0 Å². The molecule has 0 N–H and O–H groups in total. The number of fused-ring (bicyclic) bond motifs is 8. The smallest absolute Gasteiger partial charge is 0.0541 e. The van der Waals surface area contributed by atoms with Crippen LogP contribution in [-0.4, -0.2) is 9.13 Å². The quantitative estimate of drug-likeness (QED) is 0.191. The minimum absolute atomic E-state index is 0.501. The molecule has 1 aliphatic rings. The zero-order chi connectivity index (χ0) is 31.1. The predicted molar refractivity (Wildman–Crippen MR) is 200 cm³/mol. The summed E-state index contributed by atoms with van der Waals surface area (Å²) in [6.07, 6.45) is 5.76. The van der Waals surface area contributed by atoms with Gasteiger partial charge in [-0.3, -0.25) is 0 Å². The minimum atomic E-state index is 0.501. The molecule has 10 rings (SSSR count). The number of benzene rings is 7. The van der Waals surface area contributed by atoms with Gasteiger partial charge in [0.2, 0.25) is 0 Å². The Balaban J connectivity index is 1.19. The molecule has 2 heterocycles. The monoisotopic (exact) mass is 600 g/mol. The van der Waals surface area contributed by atoms with E-state index in [2.05, 4.69) is 174 Å². The molecule has 0 spiro atoms. The average molecular weight is 601 g/mol. The van der Waals surface area contributed by atoms with Crippen LogP contribution in [0.25, 0.3) is 82.8 Å². The van der Waals surface area contributed by atoms with E-state index in [4.69, 9.17) is 0 Å². The van der Waals surface area contributed by atoms with Gasteiger partial charge in [-0.15, -0.1) is 0 Å². The minimum Gasteiger partial charge on any atom is -0.312 e. The summed E-state index contributed by atoms with van der Waals surface area (Å²) in [7, 11) is 0. The van der Waals surface area contributed by atoms with Crippen LogP contribution in [0.5, 0.6) is 0 Å². The van der Waals surface area contributed by atoms with Crippen LogP contribution in [0.3, 0.4) is 0 Å². The van der Waals surface area contributed by atoms with Crippen LogP contribution in [0, 0.1) is 5.92 Å². The van der Waals surface area contributed by atoms with Crippen molar-refractivity contribution in [2.75, 3.05) is 0 Å². The molecule has 47 heavy (non-hydrogen) atoms. The Kier molecular flexibility index (Phi) is 5.65. The molecule has 222 valence electrons. The van der Waals surface area contributed by atoms with Gasteiger partial charge in [0.1, 0.15) is 0 Å². The Morgan fingerprint density at radius 3 is 1.70 bits per heavy atom. The molecule has 7 aromatic carbocycles. The van der Waals surface area contributed by atoms with Crippen LogP contribution in [0.4, 0.5) is 0 Å². The second-order valence-corrected chi connectivity index (χ2v) is 13.0. The SMILES string of the molecule is CC1C=Cc2c(n(-c3cccc4ccccc34)c3ccc(-c4ccc5c(c4)c4ccccc4n5-c4cccc5ccccc45)cc23)C1. The lowest BCUT2D eigenvalue weighted by Crippen LogP contribution is -2.08. The average Bonchev–Trinajstić information content (AvgIpc) is 3.62. The second kappa shape index (κ2) is 10.1. The molecule has 0 bridgehead atoms. The number of hydrogen-bond donors (Lipinski definition) is 0. The Labute approximate surface area is 273 Å². The number of allylic oxidation sites excluding steroid dienone is 1. The van der Waals surface area contributed by atoms with E-state index in [1.165, 1.54) is 88.0 Å². The number of hydrogen-bond acceptors (Lipinski definition) is 0. The van der Waals surface area contributed by atoms with Crippen molar-refractivity contribution in [1.29, 1.82) is 0 Å². The van der Waals surface area contributed by atoms with E-state index in [1.54, 1.807) is 0 Å². The van der Waals surface area contributed by atoms with E-state index in [0.717, 1.165) is 6.42 Å². The molecular weight excluding hydrogens is 569 g/mol. The third-order valence-electron chi connectivity index (χ3n) is 10.2. The van der Waals surface area contributed by atoms with Gasteiger partial charge >= 0.3 is 0 Å². The third kappa shape index (κ3) is 3.91. The molecule has 0 radical (unpaired) electrons. The summed E-state index contributed by atoms with van der Waals surface area (Å²) >= 11 is 0. The van der Waals surface area contributed by atoms with E-state index in [9.17, 15) is 0 Å². The van der Waals surface area contributed by atoms with Crippen molar-refractivity contribution in [3.63, 3.8) is 0 Å². The van der Waals surface area contributed by atoms with Gasteiger partial charge in [-0.05, 0) is 76.7 Å². The van der Waals surface area contributed by atoms with Crippen LogP contribution in [0.1, 0.15) is 18.2 Å². The molecule has 9 aromatic rings. The molecule has 0 saturated carbocycles. The highest BCUT2D eigenvalue weighted by Crippen LogP contribution is 2.41. The van der Waals surface area contributed by atoms with Crippen LogP contribution in [0.15, 0.2) is 152 Å². The first kappa shape index (κ1) is 26.4. The molecule has 2 heteroatoms. The van der Waals surface area contributed by atoms with E-state index < -0.39 is 0 Å². The Hall–Kier alpha value is -5.86. The first-order valence-electron chi connectivity index (χ1n) is 16.6. The summed E-state index contributed by atoms with van der Waals surface area (Å²) in [5, 5.41) is 8.93. The van der Waals surface area contributed by atoms with E-state index in [-0.39, 0.29) is 0 Å². The first-order valence-corrected chi connectivity index (χ1v) is 16.6. The van der Waals surface area contributed by atoms with Gasteiger partial charge < -0.3 is 9.13 Å². The normalized spacial score (nSPS) is 14.5. The molecule has 0 aliphatic heterocycles. The maximum absolute atomic E-state index is 2.53. The van der Waals surface area contributed by atoms with E-state index >= 15 is 0 Å². The number of aromatic nitrogens is 2. The summed E-state index contributed by atoms with van der Waals surface area (Å²) in [6, 6.07) is 53.6. The van der Waals surface area contributed by atoms with Gasteiger partial charge in [0.05, 0.1) is 27.9 Å². The van der Waals surface area contributed by atoms with Gasteiger partial charge in [0.25, 0.3) is 0 Å². The van der Waals surface area contributed by atoms with Crippen molar-refractivity contribution in [3.05, 3.63) is 163 Å². The largest absolute Gasteiger partial charge is 0.312 e. The summed E-state index contributed by atoms with van der Waals surface area (Å²) in [6.45, 7) is 2.32. The summed E-state index contributed by atoms with van der Waals surface area (Å²) in [5.41, 5.74) is 11.4. The van der Waals surface area contributed by atoms with E-state index in [1.807, 2.05) is 0 Å². The third-order valence-corrected chi connectivity index (χ3v) is 10.2. The highest BCUT2D eigenvalue weighted by molar-refractivity contribution is 6.12. The molecule has 1 atom stereocenters. The standard InChI is InChI=1S/C45H32N2/c1-29-20-23-37-39-28-33(22-25-44(39)47(45(37)26-29)41-19-9-13-31-11-3-5-15-35(31)41)32-21-24-43-38(27-32)36-16-6-7-17-42(36)46(43)40-18-8-12-30-10-2-4-14-34(30)40/h2-25,27-29H,26H2,1H3. The molecular formula is C45H32N2. The van der Waals surface area contributed by atoms with Crippen LogP contribution in [0.2, 0.25) is 0 Å². The topological polar surface area (TPSA) is 9.86 Å². The first-order chi connectivity index (χ1) is 23.2. The fraction of sp³-hybridized carbons (Fsp3) is 0.0667. The van der Waals surface area contributed by atoms with Crippen molar-refractivity contribution in [2.45, 2.75) is 13.3 Å². The van der Waals surface area contributed by atoms with Crippen LogP contribution >= 0.6 is 0 Å². The number of rotatable bonds is 3. The Morgan fingerprint density at radius 1 is 0.468 bits per heavy atom. The van der Waals surface area contributed by atoms with Crippen molar-refractivity contribution < 1.29 is 0 Å². The van der Waals surface area contributed by atoms with Crippen molar-refractivity contribution in [3.8, 4) is 22.5 Å². The van der Waals surface area contributed by atoms with Crippen molar-refractivity contribution in [2.24, 2.45) is 5.92 Å². The Morgan fingerprint density at radius 2 is 1.00 bits per heavy atom. The van der Waals surface area contributed by atoms with Gasteiger partial charge in [-0.25, -0.2) is 0 Å². The summed E-state index contributed by atoms with van der Waals surface area (Å²) in [4.78, 5) is 0. The maximum Gasteiger partial charge on any atom is 0.0541 e. The lowest BCUT2D eigenvalue weighted by atomic mass is 9.93. The fourth-order valence-electron chi connectivity index (χ4n) is 8.06. The second-order valence-electron chi connectivity index (χ2n) is 13.0. The number of nitrogens with zero attached hydrogens (tertiary/aromatic N) is 2. The van der Waals surface area contributed by atoms with Gasteiger partial charge in [0.15, 0.2) is 0 Å². The maximum atomic E-state index is 2.53. The predicted octanol–water partition coefficient (Wildman–Crippen LogP) is 11.9. The zero-order valence-corrected chi connectivity index (χ0v) is 26.2. The summed E-state index contributed by atoms with van der Waals surface area (Å²) < 4.78 is 4.96. The lowest BCUT2D eigenvalue weighted by Gasteiger charge is -2.18. The molecule has 2 aromatic heterocycles. The van der Waals surface area contributed by atoms with Crippen molar-refractivity contribution in [1.82, 2.24) is 9.13 Å².